The Bertz CT molecular complexity index is 524. The number of nitrogens with two attached hydrogens (primary N) is 1. The maximum atomic E-state index is 5.51. The van der Waals surface area contributed by atoms with Gasteiger partial charge in [0.15, 0.2) is 0 Å². The van der Waals surface area contributed by atoms with Crippen LogP contribution in [0.2, 0.25) is 0 Å². The first-order chi connectivity index (χ1) is 10.1. The van der Waals surface area contributed by atoms with E-state index in [9.17, 15) is 0 Å². The fourth-order valence-electron chi connectivity index (χ4n) is 2.44. The van der Waals surface area contributed by atoms with E-state index in [1.807, 2.05) is 12.1 Å². The zero-order chi connectivity index (χ0) is 15.2. The van der Waals surface area contributed by atoms with Crippen LogP contribution in [0.15, 0.2) is 18.2 Å². The molecule has 2 rings (SSSR count). The Hall–Kier alpha value is -1.50. The fraction of sp³-hybridized carbons (Fsp3) is 0.556. The minimum absolute atomic E-state index is 0.390. The summed E-state index contributed by atoms with van der Waals surface area (Å²) in [6.07, 6.45) is 2.75. The van der Waals surface area contributed by atoms with Gasteiger partial charge < -0.3 is 10.5 Å². The van der Waals surface area contributed by atoms with Crippen molar-refractivity contribution in [1.29, 1.82) is 0 Å². The lowest BCUT2D eigenvalue weighted by molar-refractivity contribution is 0.201. The Kier molecular flexibility index (Phi) is 5.67. The van der Waals surface area contributed by atoms with Gasteiger partial charge in [0.05, 0.1) is 13.7 Å². The van der Waals surface area contributed by atoms with Crippen molar-refractivity contribution in [2.45, 2.75) is 39.3 Å². The zero-order valence-electron chi connectivity index (χ0n) is 13.4. The van der Waals surface area contributed by atoms with E-state index in [4.69, 9.17) is 10.5 Å². The van der Waals surface area contributed by atoms with Crippen LogP contribution in [0.5, 0.6) is 5.75 Å². The third-order valence-corrected chi connectivity index (χ3v) is 3.91. The van der Waals surface area contributed by atoms with E-state index in [1.165, 1.54) is 24.9 Å². The molecule has 0 aromatic heterocycles. The topological polar surface area (TPSA) is 38.5 Å². The molecule has 2 N–H and O–H groups in total. The van der Waals surface area contributed by atoms with Crippen LogP contribution in [0.4, 0.5) is 0 Å². The maximum Gasteiger partial charge on any atom is 0.123 e. The molecule has 0 aliphatic heterocycles. The molecule has 3 heteroatoms. The van der Waals surface area contributed by atoms with Gasteiger partial charge in [-0.25, -0.2) is 0 Å². The molecule has 1 fully saturated rings. The predicted octanol–water partition coefficient (Wildman–Crippen LogP) is 2.63. The summed E-state index contributed by atoms with van der Waals surface area (Å²) in [7, 11) is 1.73. The minimum atomic E-state index is 0.390. The minimum Gasteiger partial charge on any atom is -0.496 e. The summed E-state index contributed by atoms with van der Waals surface area (Å²) < 4.78 is 5.51. The van der Waals surface area contributed by atoms with Crippen LogP contribution in [0.25, 0.3) is 0 Å². The van der Waals surface area contributed by atoms with Gasteiger partial charge in [0.25, 0.3) is 0 Å². The van der Waals surface area contributed by atoms with Gasteiger partial charge in [-0.1, -0.05) is 11.8 Å². The second-order valence-electron chi connectivity index (χ2n) is 6.00. The molecule has 1 aliphatic rings. The summed E-state index contributed by atoms with van der Waals surface area (Å²) in [4.78, 5) is 2.52. The van der Waals surface area contributed by atoms with Crippen molar-refractivity contribution in [3.63, 3.8) is 0 Å². The number of rotatable bonds is 6. The van der Waals surface area contributed by atoms with Crippen molar-refractivity contribution < 1.29 is 4.74 Å². The molecule has 0 amide bonds. The molecule has 0 spiro atoms. The maximum absolute atomic E-state index is 5.51. The van der Waals surface area contributed by atoms with Gasteiger partial charge in [-0.2, -0.15) is 0 Å². The molecular weight excluding hydrogens is 260 g/mol. The van der Waals surface area contributed by atoms with E-state index < -0.39 is 0 Å². The second-order valence-corrected chi connectivity index (χ2v) is 6.00. The SMILES string of the molecule is COc1ccc(C#CCN)cc1CN(CC1CC1)C(C)C. The van der Waals surface area contributed by atoms with E-state index in [0.29, 0.717) is 12.6 Å². The Labute approximate surface area is 128 Å². The lowest BCUT2D eigenvalue weighted by Gasteiger charge is -2.27. The molecule has 1 aromatic carbocycles. The number of ether oxygens (including phenoxy) is 1. The van der Waals surface area contributed by atoms with Crippen molar-refractivity contribution in [3.8, 4) is 17.6 Å². The predicted molar refractivity (Wildman–Crippen MR) is 87.2 cm³/mol. The van der Waals surface area contributed by atoms with E-state index in [0.717, 1.165) is 23.8 Å². The van der Waals surface area contributed by atoms with E-state index in [2.05, 4.69) is 36.7 Å². The average molecular weight is 286 g/mol. The Morgan fingerprint density at radius 3 is 2.71 bits per heavy atom. The average Bonchev–Trinajstić information content (AvgIpc) is 3.28. The molecule has 21 heavy (non-hydrogen) atoms. The molecule has 1 saturated carbocycles. The summed E-state index contributed by atoms with van der Waals surface area (Å²) in [5, 5.41) is 0. The largest absolute Gasteiger partial charge is 0.496 e. The standard InChI is InChI=1S/C18H26N2O/c1-14(2)20(12-16-6-7-16)13-17-11-15(5-4-10-19)8-9-18(17)21-3/h8-9,11,14,16H,6-7,10,12-13,19H2,1-3H3. The lowest BCUT2D eigenvalue weighted by atomic mass is 10.1. The smallest absolute Gasteiger partial charge is 0.123 e. The number of hydrogen-bond acceptors (Lipinski definition) is 3. The van der Waals surface area contributed by atoms with E-state index in [-0.39, 0.29) is 0 Å². The monoisotopic (exact) mass is 286 g/mol. The third-order valence-electron chi connectivity index (χ3n) is 3.91. The molecular formula is C18H26N2O. The van der Waals surface area contributed by atoms with E-state index >= 15 is 0 Å². The van der Waals surface area contributed by atoms with Gasteiger partial charge in [-0.05, 0) is 50.8 Å². The van der Waals surface area contributed by atoms with Gasteiger partial charge in [-0.15, -0.1) is 0 Å². The van der Waals surface area contributed by atoms with Crippen molar-refractivity contribution in [1.82, 2.24) is 4.90 Å². The first-order valence-corrected chi connectivity index (χ1v) is 7.74. The molecule has 1 aromatic rings. The second kappa shape index (κ2) is 7.49. The molecule has 0 saturated heterocycles. The number of methoxy groups -OCH3 is 1. The summed E-state index contributed by atoms with van der Waals surface area (Å²) in [6, 6.07) is 6.66. The number of nitrogens with zero attached hydrogens (tertiary/aromatic N) is 1. The van der Waals surface area contributed by atoms with Gasteiger partial charge in [-0.3, -0.25) is 4.90 Å². The summed E-state index contributed by atoms with van der Waals surface area (Å²) in [5.74, 6) is 7.84. The van der Waals surface area contributed by atoms with E-state index in [1.54, 1.807) is 7.11 Å². The molecule has 0 atom stereocenters. The molecule has 1 aliphatic carbocycles. The molecule has 0 bridgehead atoms. The first-order valence-electron chi connectivity index (χ1n) is 7.74. The summed E-state index contributed by atoms with van der Waals surface area (Å²) in [5.41, 5.74) is 7.66. The van der Waals surface area contributed by atoms with Gasteiger partial charge in [0.1, 0.15) is 5.75 Å². The fourth-order valence-corrected chi connectivity index (χ4v) is 2.44. The van der Waals surface area contributed by atoms with Gasteiger partial charge in [0, 0.05) is 30.3 Å². The van der Waals surface area contributed by atoms with Gasteiger partial charge in [0.2, 0.25) is 0 Å². The van der Waals surface area contributed by atoms with Crippen LogP contribution in [0.1, 0.15) is 37.8 Å². The number of benzene rings is 1. The Balaban J connectivity index is 2.17. The van der Waals surface area contributed by atoms with Crippen LogP contribution in [-0.4, -0.2) is 31.1 Å². The highest BCUT2D eigenvalue weighted by Gasteiger charge is 2.26. The molecule has 0 unspecified atom stereocenters. The third kappa shape index (κ3) is 4.77. The van der Waals surface area contributed by atoms with Crippen LogP contribution in [-0.2, 0) is 6.54 Å². The normalized spacial score (nSPS) is 14.2. The molecule has 3 nitrogen and oxygen atoms in total. The van der Waals surface area contributed by atoms with Crippen LogP contribution >= 0.6 is 0 Å². The Morgan fingerprint density at radius 1 is 1.38 bits per heavy atom. The zero-order valence-corrected chi connectivity index (χ0v) is 13.4. The lowest BCUT2D eigenvalue weighted by Crippen LogP contribution is -2.32. The Morgan fingerprint density at radius 2 is 2.14 bits per heavy atom. The van der Waals surface area contributed by atoms with Crippen LogP contribution in [0.3, 0.4) is 0 Å². The highest BCUT2D eigenvalue weighted by molar-refractivity contribution is 5.44. The van der Waals surface area contributed by atoms with Crippen molar-refractivity contribution >= 4 is 0 Å². The molecule has 114 valence electrons. The van der Waals surface area contributed by atoms with Crippen LogP contribution < -0.4 is 10.5 Å². The summed E-state index contributed by atoms with van der Waals surface area (Å²) in [6.45, 7) is 7.00. The highest BCUT2D eigenvalue weighted by Crippen LogP contribution is 2.31. The highest BCUT2D eigenvalue weighted by atomic mass is 16.5. The molecule has 0 radical (unpaired) electrons. The van der Waals surface area contributed by atoms with Gasteiger partial charge >= 0.3 is 0 Å². The molecule has 0 heterocycles. The van der Waals surface area contributed by atoms with Crippen molar-refractivity contribution in [2.24, 2.45) is 11.7 Å². The first kappa shape index (κ1) is 15.9. The van der Waals surface area contributed by atoms with Crippen molar-refractivity contribution in [2.75, 3.05) is 20.2 Å². The summed E-state index contributed by atoms with van der Waals surface area (Å²) >= 11 is 0. The van der Waals surface area contributed by atoms with Crippen molar-refractivity contribution in [3.05, 3.63) is 29.3 Å². The quantitative estimate of drug-likeness (QED) is 0.817. The van der Waals surface area contributed by atoms with Crippen LogP contribution in [0, 0.1) is 17.8 Å². The number of hydrogen-bond donors (Lipinski definition) is 1.